The van der Waals surface area contributed by atoms with Crippen molar-refractivity contribution >= 4 is 34.2 Å². The van der Waals surface area contributed by atoms with Gasteiger partial charge in [-0.25, -0.2) is 0 Å². The average Bonchev–Trinajstić information content (AvgIpc) is 2.68. The van der Waals surface area contributed by atoms with E-state index < -0.39 is 0 Å². The second-order valence-corrected chi connectivity index (χ2v) is 5.21. The molecule has 0 saturated carbocycles. The summed E-state index contributed by atoms with van der Waals surface area (Å²) in [4.78, 5) is 11.9. The first-order valence-electron chi connectivity index (χ1n) is 5.34. The van der Waals surface area contributed by atoms with Crippen molar-refractivity contribution in [3.63, 3.8) is 0 Å². The summed E-state index contributed by atoms with van der Waals surface area (Å²) in [6.07, 6.45) is 1.01. The molecule has 1 heterocycles. The van der Waals surface area contributed by atoms with E-state index in [1.54, 1.807) is 0 Å². The van der Waals surface area contributed by atoms with Gasteiger partial charge in [0.2, 0.25) is 5.91 Å². The molecule has 1 fully saturated rings. The van der Waals surface area contributed by atoms with Gasteiger partial charge < -0.3 is 10.1 Å². The molecule has 1 aromatic rings. The Morgan fingerprint density at radius 3 is 2.88 bits per heavy atom. The van der Waals surface area contributed by atoms with Crippen LogP contribution in [0.15, 0.2) is 24.3 Å². The Kier molecular flexibility index (Phi) is 3.81. The van der Waals surface area contributed by atoms with E-state index in [9.17, 15) is 4.79 Å². The molecule has 0 bridgehead atoms. The Bertz CT molecular complexity index is 394. The topological polar surface area (TPSA) is 38.3 Å². The summed E-state index contributed by atoms with van der Waals surface area (Å²) in [7, 11) is 0. The van der Waals surface area contributed by atoms with E-state index in [2.05, 4.69) is 27.9 Å². The summed E-state index contributed by atoms with van der Waals surface area (Å²) < 4.78 is 6.45. The first-order valence-corrected chi connectivity index (χ1v) is 6.41. The minimum Gasteiger partial charge on any atom is -0.378 e. The Hall–Kier alpha value is -0.620. The molecule has 16 heavy (non-hydrogen) atoms. The highest BCUT2D eigenvalue weighted by Gasteiger charge is 2.28. The van der Waals surface area contributed by atoms with Gasteiger partial charge in [-0.3, -0.25) is 4.79 Å². The lowest BCUT2D eigenvalue weighted by Crippen LogP contribution is -2.23. The number of halogens is 1. The fraction of sp³-hybridized carbons (Fsp3) is 0.417. The zero-order valence-corrected chi connectivity index (χ0v) is 11.2. The van der Waals surface area contributed by atoms with Gasteiger partial charge in [-0.2, -0.15) is 0 Å². The predicted molar refractivity (Wildman–Crippen MR) is 71.3 cm³/mol. The molecular weight excluding hydrogens is 317 g/mol. The first kappa shape index (κ1) is 11.9. The molecular formula is C12H14INO2. The minimum atomic E-state index is -0.00833. The van der Waals surface area contributed by atoms with E-state index in [1.165, 1.54) is 0 Å². The molecule has 0 radical (unpaired) electrons. The fourth-order valence-electron chi connectivity index (χ4n) is 1.80. The Balaban J connectivity index is 2.00. The van der Waals surface area contributed by atoms with E-state index in [0.29, 0.717) is 6.61 Å². The molecule has 0 aliphatic carbocycles. The third kappa shape index (κ3) is 2.74. The molecule has 1 amide bonds. The number of carbonyl (C=O) groups is 1. The van der Waals surface area contributed by atoms with Crippen molar-refractivity contribution < 1.29 is 9.53 Å². The van der Waals surface area contributed by atoms with Gasteiger partial charge in [0.05, 0.1) is 24.3 Å². The summed E-state index contributed by atoms with van der Waals surface area (Å²) >= 11 is 2.22. The van der Waals surface area contributed by atoms with Crippen molar-refractivity contribution in [3.05, 3.63) is 27.8 Å². The summed E-state index contributed by atoms with van der Waals surface area (Å²) in [6, 6.07) is 7.77. The summed E-state index contributed by atoms with van der Waals surface area (Å²) in [5.74, 6) is 0.0551. The number of rotatable bonds is 2. The molecule has 0 spiro atoms. The molecule has 2 unspecified atom stereocenters. The molecule has 0 aromatic heterocycles. The SMILES string of the molecule is CC1CC(C(=O)Nc2ccccc2I)CO1. The van der Waals surface area contributed by atoms with Gasteiger partial charge in [0, 0.05) is 3.57 Å². The van der Waals surface area contributed by atoms with Crippen molar-refractivity contribution in [1.29, 1.82) is 0 Å². The highest BCUT2D eigenvalue weighted by molar-refractivity contribution is 14.1. The van der Waals surface area contributed by atoms with Crippen molar-refractivity contribution in [2.75, 3.05) is 11.9 Å². The third-order valence-corrected chi connectivity index (χ3v) is 3.64. The minimum absolute atomic E-state index is 0.00833. The second-order valence-electron chi connectivity index (χ2n) is 4.05. The number of hydrogen-bond acceptors (Lipinski definition) is 2. The third-order valence-electron chi connectivity index (χ3n) is 2.70. The number of para-hydroxylation sites is 1. The van der Waals surface area contributed by atoms with Crippen LogP contribution in [-0.2, 0) is 9.53 Å². The number of benzene rings is 1. The molecule has 1 aliphatic heterocycles. The monoisotopic (exact) mass is 331 g/mol. The Morgan fingerprint density at radius 2 is 2.25 bits per heavy atom. The number of ether oxygens (including phenoxy) is 1. The first-order chi connectivity index (χ1) is 7.66. The van der Waals surface area contributed by atoms with Gasteiger partial charge in [0.1, 0.15) is 0 Å². The average molecular weight is 331 g/mol. The van der Waals surface area contributed by atoms with Crippen molar-refractivity contribution in [2.45, 2.75) is 19.4 Å². The summed E-state index contributed by atoms with van der Waals surface area (Å²) in [5.41, 5.74) is 0.882. The predicted octanol–water partition coefficient (Wildman–Crippen LogP) is 2.65. The van der Waals surface area contributed by atoms with Crippen LogP contribution in [0.1, 0.15) is 13.3 Å². The van der Waals surface area contributed by atoms with Gasteiger partial charge >= 0.3 is 0 Å². The largest absolute Gasteiger partial charge is 0.378 e. The smallest absolute Gasteiger partial charge is 0.229 e. The number of hydrogen-bond donors (Lipinski definition) is 1. The number of anilines is 1. The van der Waals surface area contributed by atoms with Crippen LogP contribution in [-0.4, -0.2) is 18.6 Å². The van der Waals surface area contributed by atoms with Gasteiger partial charge in [0.25, 0.3) is 0 Å². The van der Waals surface area contributed by atoms with Crippen molar-refractivity contribution in [2.24, 2.45) is 5.92 Å². The molecule has 2 atom stereocenters. The lowest BCUT2D eigenvalue weighted by atomic mass is 10.1. The van der Waals surface area contributed by atoms with Crippen LogP contribution >= 0.6 is 22.6 Å². The number of carbonyl (C=O) groups excluding carboxylic acids is 1. The number of nitrogens with one attached hydrogen (secondary N) is 1. The van der Waals surface area contributed by atoms with E-state index in [0.717, 1.165) is 15.7 Å². The van der Waals surface area contributed by atoms with Crippen molar-refractivity contribution in [1.82, 2.24) is 0 Å². The second kappa shape index (κ2) is 5.14. The maximum absolute atomic E-state index is 11.9. The van der Waals surface area contributed by atoms with Gasteiger partial charge in [0.15, 0.2) is 0 Å². The lowest BCUT2D eigenvalue weighted by molar-refractivity contribution is -0.119. The van der Waals surface area contributed by atoms with Crippen LogP contribution in [0.2, 0.25) is 0 Å². The zero-order chi connectivity index (χ0) is 11.5. The molecule has 1 aliphatic rings. The van der Waals surface area contributed by atoms with Gasteiger partial charge in [-0.1, -0.05) is 12.1 Å². The highest BCUT2D eigenvalue weighted by Crippen LogP contribution is 2.22. The van der Waals surface area contributed by atoms with Crippen molar-refractivity contribution in [3.8, 4) is 0 Å². The molecule has 1 aromatic carbocycles. The Morgan fingerprint density at radius 1 is 1.50 bits per heavy atom. The Labute approximate surface area is 109 Å². The van der Waals surface area contributed by atoms with E-state index in [1.807, 2.05) is 31.2 Å². The molecule has 4 heteroatoms. The van der Waals surface area contributed by atoms with Crippen LogP contribution in [0.4, 0.5) is 5.69 Å². The van der Waals surface area contributed by atoms with E-state index in [4.69, 9.17) is 4.74 Å². The maximum Gasteiger partial charge on any atom is 0.229 e. The summed E-state index contributed by atoms with van der Waals surface area (Å²) in [6.45, 7) is 2.54. The summed E-state index contributed by atoms with van der Waals surface area (Å²) in [5, 5.41) is 2.95. The lowest BCUT2D eigenvalue weighted by Gasteiger charge is -2.10. The van der Waals surface area contributed by atoms with Crippen LogP contribution in [0.5, 0.6) is 0 Å². The maximum atomic E-state index is 11.9. The van der Waals surface area contributed by atoms with Crippen LogP contribution in [0.25, 0.3) is 0 Å². The fourth-order valence-corrected chi connectivity index (χ4v) is 2.32. The molecule has 86 valence electrons. The van der Waals surface area contributed by atoms with Crippen LogP contribution in [0, 0.1) is 9.49 Å². The van der Waals surface area contributed by atoms with Gasteiger partial charge in [-0.15, -0.1) is 0 Å². The van der Waals surface area contributed by atoms with Crippen LogP contribution < -0.4 is 5.32 Å². The van der Waals surface area contributed by atoms with E-state index >= 15 is 0 Å². The highest BCUT2D eigenvalue weighted by atomic mass is 127. The van der Waals surface area contributed by atoms with Crippen LogP contribution in [0.3, 0.4) is 0 Å². The standard InChI is InChI=1S/C12H14INO2/c1-8-6-9(7-16-8)12(15)14-11-5-3-2-4-10(11)13/h2-5,8-9H,6-7H2,1H3,(H,14,15). The molecule has 2 rings (SSSR count). The van der Waals surface area contributed by atoms with Gasteiger partial charge in [-0.05, 0) is 48.1 Å². The molecule has 3 nitrogen and oxygen atoms in total. The quantitative estimate of drug-likeness (QED) is 0.846. The number of amides is 1. The normalized spacial score (nSPS) is 24.4. The van der Waals surface area contributed by atoms with E-state index in [-0.39, 0.29) is 17.9 Å². The zero-order valence-electron chi connectivity index (χ0n) is 9.07. The molecule has 1 saturated heterocycles. The molecule has 1 N–H and O–H groups in total.